The molecular weight excluding hydrogens is 294 g/mol. The SMILES string of the molecule is CCN(CC)C[C@H]1CCN(C(=O)c2ccc([N+](=O)[O-])cc2C)C1. The molecule has 0 aliphatic carbocycles. The van der Waals surface area contributed by atoms with Crippen LogP contribution in [-0.4, -0.2) is 53.4 Å². The molecule has 1 heterocycles. The zero-order valence-corrected chi connectivity index (χ0v) is 14.1. The molecule has 0 saturated carbocycles. The Morgan fingerprint density at radius 3 is 2.65 bits per heavy atom. The van der Waals surface area contributed by atoms with Crippen molar-refractivity contribution in [3.05, 3.63) is 39.4 Å². The molecule has 1 aliphatic heterocycles. The van der Waals surface area contributed by atoms with Gasteiger partial charge < -0.3 is 9.80 Å². The summed E-state index contributed by atoms with van der Waals surface area (Å²) in [7, 11) is 0. The van der Waals surface area contributed by atoms with Crippen molar-refractivity contribution in [2.75, 3.05) is 32.7 Å². The summed E-state index contributed by atoms with van der Waals surface area (Å²) in [6.07, 6.45) is 1.02. The van der Waals surface area contributed by atoms with Gasteiger partial charge in [-0.05, 0) is 44.0 Å². The van der Waals surface area contributed by atoms with Crippen LogP contribution in [0.3, 0.4) is 0 Å². The van der Waals surface area contributed by atoms with Crippen molar-refractivity contribution in [1.82, 2.24) is 9.80 Å². The minimum atomic E-state index is -0.433. The highest BCUT2D eigenvalue weighted by atomic mass is 16.6. The molecule has 1 saturated heterocycles. The number of carbonyl (C=O) groups excluding carboxylic acids is 1. The number of nitrogens with zero attached hydrogens (tertiary/aromatic N) is 3. The van der Waals surface area contributed by atoms with Gasteiger partial charge in [-0.15, -0.1) is 0 Å². The molecule has 1 atom stereocenters. The number of hydrogen-bond donors (Lipinski definition) is 0. The molecule has 126 valence electrons. The number of rotatable bonds is 6. The van der Waals surface area contributed by atoms with Crippen LogP contribution in [0.4, 0.5) is 5.69 Å². The van der Waals surface area contributed by atoms with Gasteiger partial charge in [0.1, 0.15) is 0 Å². The van der Waals surface area contributed by atoms with Crippen molar-refractivity contribution in [2.45, 2.75) is 27.2 Å². The summed E-state index contributed by atoms with van der Waals surface area (Å²) in [5.74, 6) is 0.497. The predicted octanol–water partition coefficient (Wildman–Crippen LogP) is 2.71. The van der Waals surface area contributed by atoms with E-state index in [-0.39, 0.29) is 11.6 Å². The first-order valence-electron chi connectivity index (χ1n) is 8.22. The molecule has 23 heavy (non-hydrogen) atoms. The fourth-order valence-electron chi connectivity index (χ4n) is 3.18. The monoisotopic (exact) mass is 319 g/mol. The predicted molar refractivity (Wildman–Crippen MR) is 89.6 cm³/mol. The van der Waals surface area contributed by atoms with E-state index in [2.05, 4.69) is 18.7 Å². The van der Waals surface area contributed by atoms with Crippen LogP contribution in [0.5, 0.6) is 0 Å². The molecule has 1 fully saturated rings. The maximum atomic E-state index is 12.7. The van der Waals surface area contributed by atoms with Gasteiger partial charge in [0.2, 0.25) is 0 Å². The average molecular weight is 319 g/mol. The number of nitro benzene ring substituents is 1. The third-order valence-electron chi connectivity index (χ3n) is 4.64. The van der Waals surface area contributed by atoms with Crippen molar-refractivity contribution in [3.63, 3.8) is 0 Å². The molecule has 6 nitrogen and oxygen atoms in total. The smallest absolute Gasteiger partial charge is 0.269 e. The highest BCUT2D eigenvalue weighted by Crippen LogP contribution is 2.23. The van der Waals surface area contributed by atoms with E-state index in [1.54, 1.807) is 13.0 Å². The van der Waals surface area contributed by atoms with E-state index in [0.29, 0.717) is 17.0 Å². The highest BCUT2D eigenvalue weighted by Gasteiger charge is 2.28. The molecule has 1 aromatic rings. The molecule has 0 radical (unpaired) electrons. The lowest BCUT2D eigenvalue weighted by atomic mass is 10.1. The van der Waals surface area contributed by atoms with Gasteiger partial charge in [-0.25, -0.2) is 0 Å². The van der Waals surface area contributed by atoms with Crippen LogP contribution < -0.4 is 0 Å². The Morgan fingerprint density at radius 1 is 1.39 bits per heavy atom. The lowest BCUT2D eigenvalue weighted by molar-refractivity contribution is -0.384. The Kier molecular flexibility index (Phi) is 5.71. The summed E-state index contributed by atoms with van der Waals surface area (Å²) in [5, 5.41) is 10.8. The molecule has 1 aliphatic rings. The van der Waals surface area contributed by atoms with E-state index in [9.17, 15) is 14.9 Å². The number of amides is 1. The Labute approximate surface area is 137 Å². The summed E-state index contributed by atoms with van der Waals surface area (Å²) >= 11 is 0. The van der Waals surface area contributed by atoms with Gasteiger partial charge in [0.25, 0.3) is 11.6 Å². The molecule has 0 unspecified atom stereocenters. The Morgan fingerprint density at radius 2 is 2.09 bits per heavy atom. The number of likely N-dealkylation sites (tertiary alicyclic amines) is 1. The number of nitro groups is 1. The number of aryl methyl sites for hydroxylation is 1. The first kappa shape index (κ1) is 17.4. The van der Waals surface area contributed by atoms with Crippen molar-refractivity contribution >= 4 is 11.6 Å². The summed E-state index contributed by atoms with van der Waals surface area (Å²) in [6, 6.07) is 4.45. The van der Waals surface area contributed by atoms with Gasteiger partial charge in [-0.3, -0.25) is 14.9 Å². The molecule has 0 aromatic heterocycles. The molecule has 2 rings (SSSR count). The lowest BCUT2D eigenvalue weighted by Gasteiger charge is -2.23. The minimum absolute atomic E-state index is 0.0144. The number of non-ortho nitro benzene ring substituents is 1. The molecular formula is C17H25N3O3. The van der Waals surface area contributed by atoms with Gasteiger partial charge in [0, 0.05) is 37.3 Å². The van der Waals surface area contributed by atoms with Gasteiger partial charge in [-0.2, -0.15) is 0 Å². The van der Waals surface area contributed by atoms with Crippen molar-refractivity contribution in [1.29, 1.82) is 0 Å². The number of benzene rings is 1. The third kappa shape index (κ3) is 4.07. The largest absolute Gasteiger partial charge is 0.338 e. The van der Waals surface area contributed by atoms with Crippen molar-refractivity contribution in [3.8, 4) is 0 Å². The van der Waals surface area contributed by atoms with E-state index in [1.165, 1.54) is 12.1 Å². The average Bonchev–Trinajstić information content (AvgIpc) is 3.00. The molecule has 0 N–H and O–H groups in total. The quantitative estimate of drug-likeness (QED) is 0.597. The lowest BCUT2D eigenvalue weighted by Crippen LogP contribution is -2.33. The third-order valence-corrected chi connectivity index (χ3v) is 4.64. The second-order valence-electron chi connectivity index (χ2n) is 6.15. The number of carbonyl (C=O) groups is 1. The standard InChI is InChI=1S/C17H25N3O3/c1-4-18(5-2)11-14-8-9-19(12-14)17(21)16-7-6-15(20(22)23)10-13(16)3/h6-7,10,14H,4-5,8-9,11-12H2,1-3H3/t14-/m1/s1. The van der Waals surface area contributed by atoms with Crippen LogP contribution >= 0.6 is 0 Å². The van der Waals surface area contributed by atoms with E-state index in [4.69, 9.17) is 0 Å². The van der Waals surface area contributed by atoms with Crippen LogP contribution in [0, 0.1) is 23.0 Å². The zero-order chi connectivity index (χ0) is 17.0. The van der Waals surface area contributed by atoms with Crippen LogP contribution in [0.25, 0.3) is 0 Å². The molecule has 0 bridgehead atoms. The Bertz CT molecular complexity index is 584. The Hall–Kier alpha value is -1.95. The summed E-state index contributed by atoms with van der Waals surface area (Å²) in [6.45, 7) is 10.7. The summed E-state index contributed by atoms with van der Waals surface area (Å²) < 4.78 is 0. The zero-order valence-electron chi connectivity index (χ0n) is 14.1. The highest BCUT2D eigenvalue weighted by molar-refractivity contribution is 5.96. The Balaban J connectivity index is 2.03. The van der Waals surface area contributed by atoms with E-state index in [0.717, 1.165) is 39.1 Å². The van der Waals surface area contributed by atoms with Gasteiger partial charge in [-0.1, -0.05) is 13.8 Å². The van der Waals surface area contributed by atoms with E-state index >= 15 is 0 Å². The summed E-state index contributed by atoms with van der Waals surface area (Å²) in [4.78, 5) is 27.3. The molecule has 6 heteroatoms. The minimum Gasteiger partial charge on any atom is -0.338 e. The van der Waals surface area contributed by atoms with Crippen LogP contribution in [0.15, 0.2) is 18.2 Å². The second kappa shape index (κ2) is 7.55. The van der Waals surface area contributed by atoms with Gasteiger partial charge in [0.15, 0.2) is 0 Å². The molecule has 0 spiro atoms. The van der Waals surface area contributed by atoms with E-state index < -0.39 is 4.92 Å². The second-order valence-corrected chi connectivity index (χ2v) is 6.15. The topological polar surface area (TPSA) is 66.7 Å². The maximum absolute atomic E-state index is 12.7. The first-order valence-corrected chi connectivity index (χ1v) is 8.22. The summed E-state index contributed by atoms with van der Waals surface area (Å²) in [5.41, 5.74) is 1.26. The van der Waals surface area contributed by atoms with Crippen LogP contribution in [0.2, 0.25) is 0 Å². The number of hydrogen-bond acceptors (Lipinski definition) is 4. The van der Waals surface area contributed by atoms with Crippen molar-refractivity contribution in [2.24, 2.45) is 5.92 Å². The van der Waals surface area contributed by atoms with E-state index in [1.807, 2.05) is 4.90 Å². The molecule has 1 amide bonds. The van der Waals surface area contributed by atoms with Crippen LogP contribution in [0.1, 0.15) is 36.2 Å². The first-order chi connectivity index (χ1) is 11.0. The fraction of sp³-hybridized carbons (Fsp3) is 0.588. The van der Waals surface area contributed by atoms with Gasteiger partial charge in [0.05, 0.1) is 4.92 Å². The van der Waals surface area contributed by atoms with Gasteiger partial charge >= 0.3 is 0 Å². The molecule has 1 aromatic carbocycles. The van der Waals surface area contributed by atoms with Crippen molar-refractivity contribution < 1.29 is 9.72 Å². The fourth-order valence-corrected chi connectivity index (χ4v) is 3.18. The normalized spacial score (nSPS) is 17.7. The maximum Gasteiger partial charge on any atom is 0.269 e. The van der Waals surface area contributed by atoms with Crippen LogP contribution in [-0.2, 0) is 0 Å².